The number of aliphatic hydroxyl groups is 2. The van der Waals surface area contributed by atoms with Gasteiger partial charge in [-0.15, -0.1) is 0 Å². The van der Waals surface area contributed by atoms with Gasteiger partial charge in [0.1, 0.15) is 17.5 Å². The zero-order valence-corrected chi connectivity index (χ0v) is 28.6. The van der Waals surface area contributed by atoms with E-state index in [0.29, 0.717) is 24.2 Å². The van der Waals surface area contributed by atoms with Crippen molar-refractivity contribution in [2.24, 2.45) is 5.92 Å². The van der Waals surface area contributed by atoms with Crippen LogP contribution in [0.15, 0.2) is 35.1 Å². The Labute approximate surface area is 272 Å². The van der Waals surface area contributed by atoms with E-state index < -0.39 is 71.0 Å². The van der Waals surface area contributed by atoms with Gasteiger partial charge in [0.25, 0.3) is 0 Å². The maximum atomic E-state index is 13.4. The SMILES string of the molecule is C=C(OC1C(C)=C2C(C1OC(=O)CCCCCCC)C(C)(OC(C)=O)CC(OC(=O)CCC)C1(O)C2OC(=O)C1(C)O)C(C)=CC. The predicted octanol–water partition coefficient (Wildman–Crippen LogP) is 4.92. The van der Waals surface area contributed by atoms with E-state index >= 15 is 0 Å². The topological polar surface area (TPSA) is 155 Å². The van der Waals surface area contributed by atoms with Gasteiger partial charge < -0.3 is 33.9 Å². The van der Waals surface area contributed by atoms with Crippen molar-refractivity contribution in [1.82, 2.24) is 0 Å². The third-order valence-electron chi connectivity index (χ3n) is 9.67. The van der Waals surface area contributed by atoms with Gasteiger partial charge in [-0.2, -0.15) is 0 Å². The molecule has 1 heterocycles. The summed E-state index contributed by atoms with van der Waals surface area (Å²) in [6.07, 6.45) is 1.41. The van der Waals surface area contributed by atoms with Crippen LogP contribution in [-0.4, -0.2) is 75.3 Å². The van der Waals surface area contributed by atoms with Gasteiger partial charge in [-0.3, -0.25) is 14.4 Å². The molecule has 258 valence electrons. The van der Waals surface area contributed by atoms with Crippen LogP contribution in [-0.2, 0) is 42.9 Å². The van der Waals surface area contributed by atoms with Gasteiger partial charge in [0.2, 0.25) is 0 Å². The molecule has 2 N–H and O–H groups in total. The fraction of sp³-hybridized carbons (Fsp3) is 0.714. The van der Waals surface area contributed by atoms with Crippen molar-refractivity contribution in [3.8, 4) is 0 Å². The van der Waals surface area contributed by atoms with Crippen molar-refractivity contribution < 1.29 is 53.1 Å². The van der Waals surface area contributed by atoms with Gasteiger partial charge >= 0.3 is 23.9 Å². The van der Waals surface area contributed by atoms with Crippen molar-refractivity contribution in [3.05, 3.63) is 35.1 Å². The molecule has 1 saturated heterocycles. The molecular formula is C35H52O11. The van der Waals surface area contributed by atoms with Gasteiger partial charge in [0, 0.05) is 26.2 Å². The second-order valence-electron chi connectivity index (χ2n) is 13.2. The molecule has 1 aliphatic heterocycles. The Morgan fingerprint density at radius 1 is 0.978 bits per heavy atom. The molecule has 0 aromatic carbocycles. The van der Waals surface area contributed by atoms with Crippen LogP contribution in [0.2, 0.25) is 0 Å². The van der Waals surface area contributed by atoms with Crippen LogP contribution in [0.5, 0.6) is 0 Å². The van der Waals surface area contributed by atoms with Gasteiger partial charge in [-0.25, -0.2) is 4.79 Å². The summed E-state index contributed by atoms with van der Waals surface area (Å²) < 4.78 is 30.0. The Hall–Kier alpha value is -3.18. The maximum absolute atomic E-state index is 13.4. The second-order valence-corrected chi connectivity index (χ2v) is 13.2. The summed E-state index contributed by atoms with van der Waals surface area (Å²) in [6, 6.07) is 0. The van der Waals surface area contributed by atoms with Crippen molar-refractivity contribution in [2.75, 3.05) is 0 Å². The fourth-order valence-electron chi connectivity index (χ4n) is 6.98. The lowest BCUT2D eigenvalue weighted by atomic mass is 9.75. The van der Waals surface area contributed by atoms with Crippen molar-refractivity contribution in [1.29, 1.82) is 0 Å². The first-order valence-electron chi connectivity index (χ1n) is 16.4. The highest BCUT2D eigenvalue weighted by Gasteiger charge is 2.76. The third-order valence-corrected chi connectivity index (χ3v) is 9.67. The Morgan fingerprint density at radius 3 is 2.20 bits per heavy atom. The number of esters is 4. The molecule has 0 bridgehead atoms. The van der Waals surface area contributed by atoms with E-state index in [1.165, 1.54) is 6.92 Å². The van der Waals surface area contributed by atoms with Crippen LogP contribution in [0, 0.1) is 5.92 Å². The van der Waals surface area contributed by atoms with Crippen LogP contribution in [0.4, 0.5) is 0 Å². The first kappa shape index (κ1) is 37.3. The minimum absolute atomic E-state index is 0.00441. The highest BCUT2D eigenvalue weighted by atomic mass is 16.6. The van der Waals surface area contributed by atoms with E-state index in [1.807, 2.05) is 19.9 Å². The lowest BCUT2D eigenvalue weighted by Gasteiger charge is -2.42. The van der Waals surface area contributed by atoms with Gasteiger partial charge in [0.15, 0.2) is 29.5 Å². The van der Waals surface area contributed by atoms with Crippen molar-refractivity contribution >= 4 is 23.9 Å². The number of rotatable bonds is 14. The molecule has 0 radical (unpaired) electrons. The van der Waals surface area contributed by atoms with Crippen LogP contribution in [0.3, 0.4) is 0 Å². The normalized spacial score (nSPS) is 33.8. The number of allylic oxidation sites excluding steroid dienone is 2. The Balaban J connectivity index is 2.23. The Morgan fingerprint density at radius 2 is 1.61 bits per heavy atom. The molecule has 0 aromatic heterocycles. The molecule has 2 aliphatic carbocycles. The van der Waals surface area contributed by atoms with Gasteiger partial charge in [0.05, 0.1) is 5.92 Å². The lowest BCUT2D eigenvalue weighted by Crippen LogP contribution is -2.64. The average molecular weight is 649 g/mol. The van der Waals surface area contributed by atoms with Crippen LogP contribution in [0.25, 0.3) is 0 Å². The number of carbonyl (C=O) groups is 4. The minimum Gasteiger partial charge on any atom is -0.483 e. The monoisotopic (exact) mass is 648 g/mol. The molecule has 3 aliphatic rings. The van der Waals surface area contributed by atoms with Crippen LogP contribution in [0.1, 0.15) is 113 Å². The minimum atomic E-state index is -2.52. The summed E-state index contributed by atoms with van der Waals surface area (Å²) in [5, 5.41) is 23.9. The molecule has 8 unspecified atom stereocenters. The smallest absolute Gasteiger partial charge is 0.341 e. The summed E-state index contributed by atoms with van der Waals surface area (Å²) in [5.41, 5.74) is -5.21. The summed E-state index contributed by atoms with van der Waals surface area (Å²) in [5.74, 6) is -3.70. The number of hydrogen-bond donors (Lipinski definition) is 2. The molecule has 46 heavy (non-hydrogen) atoms. The van der Waals surface area contributed by atoms with E-state index in [4.69, 9.17) is 23.7 Å². The molecule has 11 heteroatoms. The number of unbranched alkanes of at least 4 members (excludes halogenated alkanes) is 4. The zero-order valence-electron chi connectivity index (χ0n) is 28.6. The number of ether oxygens (including phenoxy) is 5. The first-order chi connectivity index (χ1) is 21.5. The van der Waals surface area contributed by atoms with E-state index in [9.17, 15) is 29.4 Å². The highest BCUT2D eigenvalue weighted by molar-refractivity contribution is 5.85. The lowest BCUT2D eigenvalue weighted by molar-refractivity contribution is -0.211. The second kappa shape index (κ2) is 14.7. The van der Waals surface area contributed by atoms with E-state index in [-0.39, 0.29) is 24.8 Å². The molecule has 0 amide bonds. The van der Waals surface area contributed by atoms with Crippen molar-refractivity contribution in [2.45, 2.75) is 154 Å². The summed E-state index contributed by atoms with van der Waals surface area (Å²) in [6.45, 7) is 17.1. The summed E-state index contributed by atoms with van der Waals surface area (Å²) in [4.78, 5) is 52.1. The molecule has 8 atom stereocenters. The van der Waals surface area contributed by atoms with Gasteiger partial charge in [-0.1, -0.05) is 52.2 Å². The van der Waals surface area contributed by atoms with E-state index in [2.05, 4.69) is 13.5 Å². The van der Waals surface area contributed by atoms with E-state index in [1.54, 1.807) is 20.8 Å². The summed E-state index contributed by atoms with van der Waals surface area (Å²) in [7, 11) is 0. The maximum Gasteiger partial charge on any atom is 0.341 e. The molecule has 11 nitrogen and oxygen atoms in total. The van der Waals surface area contributed by atoms with E-state index in [0.717, 1.165) is 38.2 Å². The Bertz CT molecular complexity index is 1260. The highest BCUT2D eigenvalue weighted by Crippen LogP contribution is 2.57. The average Bonchev–Trinajstić information content (AvgIpc) is 3.30. The standard InChI is InChI=1S/C35H52O11/c1-10-13-14-15-16-18-26(38)44-30-28-27(21(5)29(30)42-22(6)20(4)12-3)31-35(41,34(9,40)32(39)45-31)24(43-25(37)17-11-2)19-33(28,8)46-23(7)36/h12,24,28-31,40-41H,6,10-11,13-19H2,1-5,7-9H3. The number of carbonyl (C=O) groups excluding carboxylic acids is 4. The Kier molecular flexibility index (Phi) is 11.9. The third kappa shape index (κ3) is 7.05. The van der Waals surface area contributed by atoms with Gasteiger partial charge in [-0.05, 0) is 64.2 Å². The molecule has 1 saturated carbocycles. The van der Waals surface area contributed by atoms with Crippen molar-refractivity contribution in [3.63, 3.8) is 0 Å². The predicted molar refractivity (Wildman–Crippen MR) is 168 cm³/mol. The van der Waals surface area contributed by atoms with Crippen LogP contribution < -0.4 is 0 Å². The van der Waals surface area contributed by atoms with Crippen LogP contribution >= 0.6 is 0 Å². The zero-order chi connectivity index (χ0) is 34.6. The molecule has 3 rings (SSSR count). The molecule has 2 fully saturated rings. The fourth-order valence-corrected chi connectivity index (χ4v) is 6.98. The first-order valence-corrected chi connectivity index (χ1v) is 16.4. The molecular weight excluding hydrogens is 596 g/mol. The molecule has 0 aromatic rings. The number of hydrogen-bond acceptors (Lipinski definition) is 11. The number of fused-ring (bicyclic) bond motifs is 3. The summed E-state index contributed by atoms with van der Waals surface area (Å²) >= 11 is 0. The largest absolute Gasteiger partial charge is 0.483 e. The quantitative estimate of drug-likeness (QED) is 0.0659. The molecule has 0 spiro atoms.